The summed E-state index contributed by atoms with van der Waals surface area (Å²) in [6.45, 7) is 11.9. The van der Waals surface area contributed by atoms with Crippen LogP contribution in [0.3, 0.4) is 0 Å². The molecule has 102 heavy (non-hydrogen) atoms. The van der Waals surface area contributed by atoms with Crippen molar-refractivity contribution in [2.75, 3.05) is 13.2 Å². The topological polar surface area (TPSA) is 160 Å². The van der Waals surface area contributed by atoms with Gasteiger partial charge in [0.25, 0.3) is 5.79 Å². The van der Waals surface area contributed by atoms with E-state index in [0.29, 0.717) is 87.4 Å². The van der Waals surface area contributed by atoms with Gasteiger partial charge in [0, 0.05) is 99.9 Å². The standard InChI is InChI=1S/C22H22Cl2O2S.C18H14Cl2O2S.C15H17BrO2S.C9H5BrOS.C7H5Cl2.C6H8O4.BrH.Zn/c1-2-3-12-26-22(25)11-10-16-14-17-15(6-4-9-21(17)27-16)13-18-19(23)7-5-8-20(18)24;19-15-4-2-5-16(20)14(15)9-11-3-1-6-17-13(11)10-12(23-17)7-8-18(21)22;1-2-3-9-18-15(17)8-7-11-10-12-13(16)5-4-6-14(12)19-11;10-8-2-1-3-9-7(8)4-6(5-11)12-9;1-5-6(8)3-2-4-7(5)9;1-6(2)9-4(7)3-5(8)10-6;;/h4-9,14H,2-3,10-13H2,1H3;1-6,10H,7-9H2,(H,21,22);4-6,10H,2-3,7-9H2,1H3;1-5H;2-4H,1H2;3H2,1-2H3;1H;/q;;;;-1;;;+2/p-1. The number of unbranched alkanes of at least 4 members (excludes halogenated alkanes) is 2. The van der Waals surface area contributed by atoms with E-state index in [1.807, 2.05) is 78.9 Å². The number of cyclic esters (lactones) is 2. The molecule has 0 atom stereocenters. The molecule has 0 bridgehead atoms. The van der Waals surface area contributed by atoms with Gasteiger partial charge in [0.1, 0.15) is 6.42 Å². The molecule has 0 amide bonds. The second-order valence-electron chi connectivity index (χ2n) is 22.9. The van der Waals surface area contributed by atoms with Crippen LogP contribution in [0, 0.1) is 6.92 Å². The van der Waals surface area contributed by atoms with Crippen molar-refractivity contribution in [3.05, 3.63) is 245 Å². The van der Waals surface area contributed by atoms with Gasteiger partial charge in [-0.25, -0.2) is 0 Å². The van der Waals surface area contributed by atoms with Crippen molar-refractivity contribution in [3.8, 4) is 0 Å². The Morgan fingerprint density at radius 2 is 0.873 bits per heavy atom. The van der Waals surface area contributed by atoms with Crippen molar-refractivity contribution in [1.82, 2.24) is 0 Å². The van der Waals surface area contributed by atoms with Crippen LogP contribution in [0.4, 0.5) is 0 Å². The van der Waals surface area contributed by atoms with Gasteiger partial charge < -0.3 is 24.1 Å². The van der Waals surface area contributed by atoms with Gasteiger partial charge >= 0.3 is 59.8 Å². The molecule has 1 aliphatic heterocycles. The molecular formula is C77H71Br3Cl6O11S4Zn. The third-order valence-electron chi connectivity index (χ3n) is 14.8. The molecule has 0 spiro atoms. The zero-order valence-electron chi connectivity index (χ0n) is 56.1. The molecule has 25 heteroatoms. The predicted octanol–water partition coefficient (Wildman–Crippen LogP) is 25.5. The number of halogens is 9. The first-order valence-electron chi connectivity index (χ1n) is 32.0. The maximum absolute atomic E-state index is 11.8. The van der Waals surface area contributed by atoms with E-state index in [4.69, 9.17) is 84.2 Å². The quantitative estimate of drug-likeness (QED) is 0.0147. The SMILES string of the molecule is CC1(C)OC(=O)CC(=O)O1.CCCCOC(=O)CCc1cc2c(Br)cccc2s1.CCCCOC(=O)CCc1cc2c(Cc3c(Cl)cccc3Cl)cccc2s1.O=C(O)CCc1cc2c(Cc3c(Cl)cccc3Cl)cccc2s1.O=Cc1cc2c(Br)cccc2s1.[CH2-]c1c(Cl)cccc1Cl.[Zn+][Br]. The van der Waals surface area contributed by atoms with E-state index in [1.54, 1.807) is 52.2 Å². The first kappa shape index (κ1) is 86.0. The molecule has 0 aliphatic carbocycles. The van der Waals surface area contributed by atoms with Crippen molar-refractivity contribution in [2.24, 2.45) is 0 Å². The van der Waals surface area contributed by atoms with E-state index in [1.165, 1.54) is 77.0 Å². The second-order valence-corrected chi connectivity index (χ2v) is 31.7. The molecule has 7 aromatic carbocycles. The van der Waals surface area contributed by atoms with Crippen LogP contribution in [0.25, 0.3) is 40.3 Å². The normalized spacial score (nSPS) is 11.9. The average molecular weight is 1820 g/mol. The number of carbonyl (C=O) groups is 6. The maximum atomic E-state index is 11.8. The molecule has 4 aromatic heterocycles. The van der Waals surface area contributed by atoms with E-state index in [0.717, 1.165) is 94.0 Å². The Hall–Kier alpha value is -4.93. The molecule has 11 aromatic rings. The molecule has 0 radical (unpaired) electrons. The van der Waals surface area contributed by atoms with Gasteiger partial charge in [0.2, 0.25) is 0 Å². The molecule has 0 unspecified atom stereocenters. The van der Waals surface area contributed by atoms with E-state index in [9.17, 15) is 28.8 Å². The van der Waals surface area contributed by atoms with Crippen LogP contribution in [0.1, 0.15) is 131 Å². The van der Waals surface area contributed by atoms with Crippen LogP contribution in [0.5, 0.6) is 0 Å². The van der Waals surface area contributed by atoms with Gasteiger partial charge in [-0.15, -0.1) is 57.5 Å². The Bertz CT molecular complexity index is 4550. The second kappa shape index (κ2) is 44.3. The van der Waals surface area contributed by atoms with Crippen LogP contribution in [0.2, 0.25) is 30.1 Å². The molecule has 5 heterocycles. The minimum atomic E-state index is -1.08. The number of carboxylic acids is 1. The molecule has 1 fully saturated rings. The van der Waals surface area contributed by atoms with E-state index >= 15 is 0 Å². The minimum absolute atomic E-state index is 0.0926. The van der Waals surface area contributed by atoms with Crippen molar-refractivity contribution in [1.29, 1.82) is 0 Å². The molecule has 1 aliphatic rings. The van der Waals surface area contributed by atoms with Crippen LogP contribution in [0.15, 0.2) is 161 Å². The van der Waals surface area contributed by atoms with E-state index in [-0.39, 0.29) is 24.8 Å². The third-order valence-corrected chi connectivity index (χ3v) is 22.8. The van der Waals surface area contributed by atoms with E-state index < -0.39 is 23.7 Å². The summed E-state index contributed by atoms with van der Waals surface area (Å²) in [5, 5.41) is 17.4. The summed E-state index contributed by atoms with van der Waals surface area (Å²) >= 11 is 54.4. The fraction of sp³-hybridized carbons (Fsp3) is 0.260. The van der Waals surface area contributed by atoms with Crippen LogP contribution >= 0.6 is 160 Å². The monoisotopic (exact) mass is 1810 g/mol. The van der Waals surface area contributed by atoms with Gasteiger partial charge in [0.15, 0.2) is 6.29 Å². The summed E-state index contributed by atoms with van der Waals surface area (Å²) < 4.78 is 26.7. The Labute approximate surface area is 674 Å². The van der Waals surface area contributed by atoms with Gasteiger partial charge in [-0.05, 0) is 150 Å². The summed E-state index contributed by atoms with van der Waals surface area (Å²) in [5.41, 5.74) is 4.90. The number of aryl methyl sites for hydroxylation is 3. The van der Waals surface area contributed by atoms with Crippen LogP contribution in [-0.2, 0) is 91.4 Å². The number of benzene rings is 7. The third kappa shape index (κ3) is 27.8. The zero-order valence-corrected chi connectivity index (χ0v) is 71.6. The number of carboxylic acid groups (broad SMARTS) is 1. The molecule has 0 saturated carbocycles. The van der Waals surface area contributed by atoms with Crippen molar-refractivity contribution >= 4 is 237 Å². The van der Waals surface area contributed by atoms with Crippen molar-refractivity contribution in [2.45, 2.75) is 117 Å². The number of carbonyl (C=O) groups excluding carboxylic acids is 5. The molecule has 12 rings (SSSR count). The number of aliphatic carboxylic acids is 1. The van der Waals surface area contributed by atoms with Crippen LogP contribution < -0.4 is 0 Å². The Morgan fingerprint density at radius 1 is 0.529 bits per heavy atom. The summed E-state index contributed by atoms with van der Waals surface area (Å²) in [6.07, 6.45) is 8.96. The van der Waals surface area contributed by atoms with Gasteiger partial charge in [0.05, 0.1) is 37.4 Å². The summed E-state index contributed by atoms with van der Waals surface area (Å²) in [6, 6.07) is 49.3. The number of ether oxygens (including phenoxy) is 4. The Balaban J connectivity index is 0.000000199. The molecular weight excluding hydrogens is 1750 g/mol. The molecule has 534 valence electrons. The fourth-order valence-electron chi connectivity index (χ4n) is 9.77. The molecule has 11 nitrogen and oxygen atoms in total. The Kier molecular flexibility index (Phi) is 37.3. The number of fused-ring (bicyclic) bond motifs is 4. The Morgan fingerprint density at radius 3 is 1.23 bits per heavy atom. The number of hydrogen-bond acceptors (Lipinski definition) is 14. The first-order chi connectivity index (χ1) is 48.8. The first-order valence-corrected chi connectivity index (χ1v) is 46.1. The number of hydrogen-bond donors (Lipinski definition) is 1. The van der Waals surface area contributed by atoms with E-state index in [2.05, 4.69) is 130 Å². The van der Waals surface area contributed by atoms with Crippen LogP contribution in [-0.4, -0.2) is 60.2 Å². The van der Waals surface area contributed by atoms with Crippen molar-refractivity contribution < 1.29 is 69.2 Å². The van der Waals surface area contributed by atoms with Gasteiger partial charge in [-0.2, -0.15) is 35.7 Å². The summed E-state index contributed by atoms with van der Waals surface area (Å²) in [4.78, 5) is 70.0. The summed E-state index contributed by atoms with van der Waals surface area (Å²) in [5.74, 6) is -3.12. The average Bonchev–Trinajstić information content (AvgIpc) is 1.63. The molecule has 1 N–H and O–H groups in total. The molecule has 1 saturated heterocycles. The van der Waals surface area contributed by atoms with Crippen molar-refractivity contribution in [3.63, 3.8) is 0 Å². The zero-order chi connectivity index (χ0) is 74.5. The van der Waals surface area contributed by atoms with Gasteiger partial charge in [-0.3, -0.25) is 28.8 Å². The number of rotatable bonds is 20. The predicted molar refractivity (Wildman–Crippen MR) is 432 cm³/mol. The summed E-state index contributed by atoms with van der Waals surface area (Å²) in [7, 11) is 0. The number of thiophene rings is 4. The number of aldehydes is 1. The number of esters is 4. The fourth-order valence-corrected chi connectivity index (χ4v) is 16.7. The van der Waals surface area contributed by atoms with Gasteiger partial charge in [-0.1, -0.05) is 170 Å².